The number of amides is 1. The second-order valence-corrected chi connectivity index (χ2v) is 6.40. The van der Waals surface area contributed by atoms with Crippen LogP contribution in [0, 0.1) is 30.9 Å². The van der Waals surface area contributed by atoms with Crippen LogP contribution in [-0.2, 0) is 4.79 Å². The Balaban J connectivity index is 2.09. The van der Waals surface area contributed by atoms with Crippen molar-refractivity contribution in [2.45, 2.75) is 20.8 Å². The summed E-state index contributed by atoms with van der Waals surface area (Å²) in [5, 5.41) is 13.6. The first-order valence-electron chi connectivity index (χ1n) is 7.22. The van der Waals surface area contributed by atoms with E-state index in [-0.39, 0.29) is 18.0 Å². The summed E-state index contributed by atoms with van der Waals surface area (Å²) in [4.78, 5) is 22.6. The fourth-order valence-corrected chi connectivity index (χ4v) is 3.03. The Morgan fingerprint density at radius 1 is 1.21 bits per heavy atom. The molecule has 0 aliphatic carbocycles. The Morgan fingerprint density at radius 2 is 1.83 bits per heavy atom. The molecule has 0 bridgehead atoms. The zero-order chi connectivity index (χ0) is 17.9. The highest BCUT2D eigenvalue weighted by Gasteiger charge is 2.16. The third-order valence-electron chi connectivity index (χ3n) is 3.40. The van der Waals surface area contributed by atoms with Gasteiger partial charge < -0.3 is 10.1 Å². The molecule has 2 aromatic carbocycles. The molecule has 0 aliphatic heterocycles. The lowest BCUT2D eigenvalue weighted by Gasteiger charge is -2.13. The number of ether oxygens (including phenoxy) is 1. The van der Waals surface area contributed by atoms with E-state index >= 15 is 0 Å². The standard InChI is InChI=1S/C17H17BrN2O4/c1-10-4-5-14(15(6-10)20(22)23)19-16(21)9-24-17-11(2)7-13(18)8-12(17)3/h4-8H,9H2,1-3H3,(H,19,21). The number of nitrogens with one attached hydrogen (secondary N) is 1. The molecule has 0 saturated carbocycles. The molecule has 0 aromatic heterocycles. The highest BCUT2D eigenvalue weighted by Crippen LogP contribution is 2.28. The van der Waals surface area contributed by atoms with E-state index < -0.39 is 10.8 Å². The Bertz CT molecular complexity index is 782. The van der Waals surface area contributed by atoms with Crippen molar-refractivity contribution in [3.63, 3.8) is 0 Å². The largest absolute Gasteiger partial charge is 0.483 e. The van der Waals surface area contributed by atoms with Crippen LogP contribution in [0.5, 0.6) is 5.75 Å². The van der Waals surface area contributed by atoms with Crippen LogP contribution in [0.4, 0.5) is 11.4 Å². The number of hydrogen-bond donors (Lipinski definition) is 1. The van der Waals surface area contributed by atoms with Crippen molar-refractivity contribution in [3.8, 4) is 5.75 Å². The number of benzene rings is 2. The lowest BCUT2D eigenvalue weighted by atomic mass is 10.1. The van der Waals surface area contributed by atoms with Gasteiger partial charge in [0.2, 0.25) is 0 Å². The summed E-state index contributed by atoms with van der Waals surface area (Å²) in [6.07, 6.45) is 0. The van der Waals surface area contributed by atoms with Gasteiger partial charge in [0.1, 0.15) is 11.4 Å². The highest BCUT2D eigenvalue weighted by atomic mass is 79.9. The monoisotopic (exact) mass is 392 g/mol. The van der Waals surface area contributed by atoms with Gasteiger partial charge in [-0.2, -0.15) is 0 Å². The zero-order valence-corrected chi connectivity index (χ0v) is 15.1. The number of carbonyl (C=O) groups is 1. The minimum Gasteiger partial charge on any atom is -0.483 e. The Hall–Kier alpha value is -2.41. The summed E-state index contributed by atoms with van der Waals surface area (Å²) in [5.41, 5.74) is 2.56. The summed E-state index contributed by atoms with van der Waals surface area (Å²) in [5.74, 6) is 0.176. The topological polar surface area (TPSA) is 81.5 Å². The molecular weight excluding hydrogens is 376 g/mol. The van der Waals surface area contributed by atoms with Gasteiger partial charge in [0.25, 0.3) is 11.6 Å². The van der Waals surface area contributed by atoms with E-state index in [2.05, 4.69) is 21.2 Å². The number of halogens is 1. The maximum Gasteiger partial charge on any atom is 0.293 e. The lowest BCUT2D eigenvalue weighted by molar-refractivity contribution is -0.384. The van der Waals surface area contributed by atoms with Gasteiger partial charge in [-0.05, 0) is 55.7 Å². The van der Waals surface area contributed by atoms with Crippen molar-refractivity contribution in [2.75, 3.05) is 11.9 Å². The third kappa shape index (κ3) is 4.32. The second-order valence-electron chi connectivity index (χ2n) is 5.48. The third-order valence-corrected chi connectivity index (χ3v) is 3.85. The first-order chi connectivity index (χ1) is 11.3. The van der Waals surface area contributed by atoms with Gasteiger partial charge in [-0.25, -0.2) is 0 Å². The minimum absolute atomic E-state index is 0.139. The van der Waals surface area contributed by atoms with E-state index in [1.54, 1.807) is 13.0 Å². The smallest absolute Gasteiger partial charge is 0.293 e. The predicted octanol–water partition coefficient (Wildman–Crippen LogP) is 4.30. The number of nitro groups is 1. The molecule has 0 unspecified atom stereocenters. The molecule has 0 heterocycles. The zero-order valence-electron chi connectivity index (χ0n) is 13.6. The molecule has 2 rings (SSSR count). The molecule has 0 radical (unpaired) electrons. The fourth-order valence-electron chi connectivity index (χ4n) is 2.35. The average Bonchev–Trinajstić information content (AvgIpc) is 2.47. The van der Waals surface area contributed by atoms with Crippen LogP contribution < -0.4 is 10.1 Å². The van der Waals surface area contributed by atoms with Crippen molar-refractivity contribution >= 4 is 33.2 Å². The van der Waals surface area contributed by atoms with Crippen LogP contribution in [0.25, 0.3) is 0 Å². The molecule has 24 heavy (non-hydrogen) atoms. The molecule has 1 amide bonds. The van der Waals surface area contributed by atoms with Crippen LogP contribution in [-0.4, -0.2) is 17.4 Å². The van der Waals surface area contributed by atoms with Gasteiger partial charge in [-0.15, -0.1) is 0 Å². The van der Waals surface area contributed by atoms with E-state index in [1.165, 1.54) is 12.1 Å². The molecule has 1 N–H and O–H groups in total. The molecule has 0 aliphatic rings. The van der Waals surface area contributed by atoms with Gasteiger partial charge in [-0.1, -0.05) is 22.0 Å². The van der Waals surface area contributed by atoms with Crippen LogP contribution in [0.2, 0.25) is 0 Å². The summed E-state index contributed by atoms with van der Waals surface area (Å²) in [7, 11) is 0. The predicted molar refractivity (Wildman–Crippen MR) is 95.6 cm³/mol. The van der Waals surface area contributed by atoms with E-state index in [9.17, 15) is 14.9 Å². The number of carbonyl (C=O) groups excluding carboxylic acids is 1. The number of nitrogens with zero attached hydrogens (tertiary/aromatic N) is 1. The molecule has 2 aromatic rings. The van der Waals surface area contributed by atoms with Crippen molar-refractivity contribution < 1.29 is 14.5 Å². The van der Waals surface area contributed by atoms with Crippen LogP contribution in [0.1, 0.15) is 16.7 Å². The molecule has 0 saturated heterocycles. The van der Waals surface area contributed by atoms with Gasteiger partial charge in [0, 0.05) is 10.5 Å². The number of nitro benzene ring substituents is 1. The first-order valence-corrected chi connectivity index (χ1v) is 8.01. The molecule has 126 valence electrons. The Kier molecular flexibility index (Phi) is 5.56. The van der Waals surface area contributed by atoms with E-state index in [4.69, 9.17) is 4.74 Å². The second kappa shape index (κ2) is 7.44. The summed E-state index contributed by atoms with van der Waals surface area (Å²) >= 11 is 3.40. The Labute approximate surface area is 148 Å². The lowest BCUT2D eigenvalue weighted by Crippen LogP contribution is -2.21. The molecule has 0 fully saturated rings. The summed E-state index contributed by atoms with van der Waals surface area (Å²) in [6.45, 7) is 5.29. The van der Waals surface area contributed by atoms with Crippen molar-refractivity contribution in [1.82, 2.24) is 0 Å². The average molecular weight is 393 g/mol. The molecule has 0 spiro atoms. The summed E-state index contributed by atoms with van der Waals surface area (Å²) in [6, 6.07) is 8.42. The van der Waals surface area contributed by atoms with Crippen LogP contribution >= 0.6 is 15.9 Å². The molecule has 7 heteroatoms. The van der Waals surface area contributed by atoms with E-state index in [0.29, 0.717) is 5.75 Å². The SMILES string of the molecule is Cc1ccc(NC(=O)COc2c(C)cc(Br)cc2C)c([N+](=O)[O-])c1. The first kappa shape index (κ1) is 17.9. The molecule has 6 nitrogen and oxygen atoms in total. The fraction of sp³-hybridized carbons (Fsp3) is 0.235. The summed E-state index contributed by atoms with van der Waals surface area (Å²) < 4.78 is 6.51. The van der Waals surface area contributed by atoms with Crippen molar-refractivity contribution in [1.29, 1.82) is 0 Å². The van der Waals surface area contributed by atoms with E-state index in [0.717, 1.165) is 21.2 Å². The maximum atomic E-state index is 12.1. The number of rotatable bonds is 5. The number of aryl methyl sites for hydroxylation is 3. The maximum absolute atomic E-state index is 12.1. The van der Waals surface area contributed by atoms with E-state index in [1.807, 2.05) is 26.0 Å². The van der Waals surface area contributed by atoms with Crippen LogP contribution in [0.3, 0.4) is 0 Å². The van der Waals surface area contributed by atoms with Crippen molar-refractivity contribution in [2.24, 2.45) is 0 Å². The normalized spacial score (nSPS) is 10.3. The van der Waals surface area contributed by atoms with Crippen molar-refractivity contribution in [3.05, 3.63) is 61.6 Å². The quantitative estimate of drug-likeness (QED) is 0.607. The highest BCUT2D eigenvalue weighted by molar-refractivity contribution is 9.10. The molecule has 0 atom stereocenters. The van der Waals surface area contributed by atoms with Gasteiger partial charge in [-0.3, -0.25) is 14.9 Å². The van der Waals surface area contributed by atoms with Gasteiger partial charge in [0.05, 0.1) is 4.92 Å². The number of anilines is 1. The van der Waals surface area contributed by atoms with Gasteiger partial charge in [0.15, 0.2) is 6.61 Å². The van der Waals surface area contributed by atoms with Gasteiger partial charge >= 0.3 is 0 Å². The Morgan fingerprint density at radius 3 is 2.42 bits per heavy atom. The minimum atomic E-state index is -0.521. The van der Waals surface area contributed by atoms with Crippen LogP contribution in [0.15, 0.2) is 34.8 Å². The molecular formula is C17H17BrN2O4. The number of hydrogen-bond acceptors (Lipinski definition) is 4.